The Hall–Kier alpha value is -2.43. The van der Waals surface area contributed by atoms with Crippen molar-refractivity contribution >= 4 is 59.2 Å². The molecule has 0 fully saturated rings. The number of amides is 1. The van der Waals surface area contributed by atoms with Crippen LogP contribution in [0.25, 0.3) is 0 Å². The van der Waals surface area contributed by atoms with Gasteiger partial charge in [0.25, 0.3) is 15.9 Å². The number of rotatable bonds is 7. The molecule has 0 heterocycles. The number of hydrogen-bond acceptors (Lipinski definition) is 4. The van der Waals surface area contributed by atoms with Gasteiger partial charge in [0, 0.05) is 15.8 Å². The Morgan fingerprint density at radius 2 is 1.57 bits per heavy atom. The number of sulfonamides is 1. The third-order valence-electron chi connectivity index (χ3n) is 3.80. The summed E-state index contributed by atoms with van der Waals surface area (Å²) in [6.07, 6.45) is 0. The Morgan fingerprint density at radius 1 is 0.933 bits per heavy atom. The first kappa shape index (κ1) is 22.3. The minimum absolute atomic E-state index is 0.000123. The molecule has 6 nitrogen and oxygen atoms in total. The van der Waals surface area contributed by atoms with Crippen molar-refractivity contribution in [3.8, 4) is 5.75 Å². The van der Waals surface area contributed by atoms with Crippen molar-refractivity contribution in [1.82, 2.24) is 0 Å². The number of carbonyl (C=O) groups excluding carboxylic acids is 1. The summed E-state index contributed by atoms with van der Waals surface area (Å²) < 4.78 is 47.2. The van der Waals surface area contributed by atoms with E-state index in [0.29, 0.717) is 15.9 Å². The van der Waals surface area contributed by atoms with Gasteiger partial charge in [-0.25, -0.2) is 12.8 Å². The van der Waals surface area contributed by atoms with Gasteiger partial charge in [0.1, 0.15) is 11.6 Å². The largest absolute Gasteiger partial charge is 0.483 e. The first-order valence-electron chi connectivity index (χ1n) is 8.49. The molecule has 0 aliphatic heterocycles. The van der Waals surface area contributed by atoms with Crippen LogP contribution < -0.4 is 14.8 Å². The normalized spacial score (nSPS) is 11.0. The molecular formula is C20H15Br2FN2O4S. The maximum Gasteiger partial charge on any atom is 0.262 e. The van der Waals surface area contributed by atoms with Gasteiger partial charge < -0.3 is 10.1 Å². The molecule has 3 aromatic carbocycles. The van der Waals surface area contributed by atoms with E-state index in [2.05, 4.69) is 41.9 Å². The highest BCUT2D eigenvalue weighted by Crippen LogP contribution is 2.28. The van der Waals surface area contributed by atoms with E-state index in [-0.39, 0.29) is 17.2 Å². The topological polar surface area (TPSA) is 84.5 Å². The average molecular weight is 558 g/mol. The molecule has 0 spiro atoms. The molecule has 0 saturated carbocycles. The summed E-state index contributed by atoms with van der Waals surface area (Å²) in [5.74, 6) is -0.346. The van der Waals surface area contributed by atoms with Crippen molar-refractivity contribution in [3.05, 3.63) is 81.5 Å². The smallest absolute Gasteiger partial charge is 0.262 e. The standard InChI is InChI=1S/C20H15Br2FN2O4S/c21-13-1-10-19(18(22)11-13)29-12-20(26)24-15-6-8-17(9-7-15)30(27,28)25-16-4-2-14(23)3-5-16/h1-11,25H,12H2,(H,24,26). The van der Waals surface area contributed by atoms with E-state index < -0.39 is 21.7 Å². The number of benzene rings is 3. The lowest BCUT2D eigenvalue weighted by Crippen LogP contribution is -2.20. The number of hydrogen-bond donors (Lipinski definition) is 2. The van der Waals surface area contributed by atoms with Crippen LogP contribution in [-0.4, -0.2) is 20.9 Å². The van der Waals surface area contributed by atoms with Crippen LogP contribution in [0.2, 0.25) is 0 Å². The molecule has 156 valence electrons. The van der Waals surface area contributed by atoms with Gasteiger partial charge in [-0.05, 0) is 82.7 Å². The van der Waals surface area contributed by atoms with E-state index in [1.54, 1.807) is 18.2 Å². The van der Waals surface area contributed by atoms with E-state index >= 15 is 0 Å². The summed E-state index contributed by atoms with van der Waals surface area (Å²) in [6, 6.07) is 15.9. The molecule has 30 heavy (non-hydrogen) atoms. The number of nitrogens with one attached hydrogen (secondary N) is 2. The quantitative estimate of drug-likeness (QED) is 0.420. The van der Waals surface area contributed by atoms with Crippen molar-refractivity contribution in [2.75, 3.05) is 16.6 Å². The average Bonchev–Trinajstić information content (AvgIpc) is 2.69. The van der Waals surface area contributed by atoms with Crippen molar-refractivity contribution < 1.29 is 22.3 Å². The monoisotopic (exact) mass is 556 g/mol. The molecule has 3 rings (SSSR count). The molecule has 3 aromatic rings. The van der Waals surface area contributed by atoms with Gasteiger partial charge in [0.15, 0.2) is 6.61 Å². The predicted octanol–water partition coefficient (Wildman–Crippen LogP) is 5.17. The first-order valence-corrected chi connectivity index (χ1v) is 11.6. The Labute approximate surface area is 189 Å². The van der Waals surface area contributed by atoms with Gasteiger partial charge in [-0.15, -0.1) is 0 Å². The van der Waals surface area contributed by atoms with E-state index in [9.17, 15) is 17.6 Å². The zero-order valence-corrected chi connectivity index (χ0v) is 19.2. The highest BCUT2D eigenvalue weighted by molar-refractivity contribution is 9.11. The maximum atomic E-state index is 13.0. The summed E-state index contributed by atoms with van der Waals surface area (Å²) in [7, 11) is -3.84. The molecule has 0 atom stereocenters. The SMILES string of the molecule is O=C(COc1ccc(Br)cc1Br)Nc1ccc(S(=O)(=O)Nc2ccc(F)cc2)cc1. The van der Waals surface area contributed by atoms with Gasteiger partial charge >= 0.3 is 0 Å². The molecule has 1 amide bonds. The second-order valence-electron chi connectivity index (χ2n) is 6.05. The molecule has 0 aliphatic rings. The van der Waals surface area contributed by atoms with Crippen molar-refractivity contribution in [1.29, 1.82) is 0 Å². The minimum atomic E-state index is -3.84. The molecule has 0 saturated heterocycles. The van der Waals surface area contributed by atoms with E-state index in [4.69, 9.17) is 4.74 Å². The van der Waals surface area contributed by atoms with Crippen molar-refractivity contribution in [3.63, 3.8) is 0 Å². The number of ether oxygens (including phenoxy) is 1. The summed E-state index contributed by atoms with van der Waals surface area (Å²) in [5, 5.41) is 2.63. The molecule has 0 aliphatic carbocycles. The summed E-state index contributed by atoms with van der Waals surface area (Å²) in [4.78, 5) is 12.1. The van der Waals surface area contributed by atoms with Crippen LogP contribution in [0.1, 0.15) is 0 Å². The van der Waals surface area contributed by atoms with E-state index in [0.717, 1.165) is 16.6 Å². The molecule has 0 unspecified atom stereocenters. The van der Waals surface area contributed by atoms with Gasteiger partial charge in [0.2, 0.25) is 0 Å². The van der Waals surface area contributed by atoms with Crippen LogP contribution in [-0.2, 0) is 14.8 Å². The van der Waals surface area contributed by atoms with E-state index in [1.165, 1.54) is 36.4 Å². The number of halogens is 3. The van der Waals surface area contributed by atoms with Crippen molar-refractivity contribution in [2.24, 2.45) is 0 Å². The predicted molar refractivity (Wildman–Crippen MR) is 120 cm³/mol. The Morgan fingerprint density at radius 3 is 2.20 bits per heavy atom. The van der Waals surface area contributed by atoms with Gasteiger partial charge in [-0.1, -0.05) is 15.9 Å². The zero-order valence-electron chi connectivity index (χ0n) is 15.2. The number of anilines is 2. The van der Waals surface area contributed by atoms with Gasteiger partial charge in [-0.2, -0.15) is 0 Å². The van der Waals surface area contributed by atoms with Crippen LogP contribution in [0, 0.1) is 5.82 Å². The van der Waals surface area contributed by atoms with Gasteiger partial charge in [0.05, 0.1) is 9.37 Å². The van der Waals surface area contributed by atoms with Crippen LogP contribution in [0.15, 0.2) is 80.6 Å². The summed E-state index contributed by atoms with van der Waals surface area (Å²) in [5.41, 5.74) is 0.657. The van der Waals surface area contributed by atoms with E-state index in [1.807, 2.05) is 0 Å². The maximum absolute atomic E-state index is 13.0. The van der Waals surface area contributed by atoms with Crippen LogP contribution in [0.5, 0.6) is 5.75 Å². The Balaban J connectivity index is 1.59. The fourth-order valence-electron chi connectivity index (χ4n) is 2.38. The lowest BCUT2D eigenvalue weighted by molar-refractivity contribution is -0.118. The summed E-state index contributed by atoms with van der Waals surface area (Å²) >= 11 is 6.68. The highest BCUT2D eigenvalue weighted by Gasteiger charge is 2.14. The minimum Gasteiger partial charge on any atom is -0.483 e. The molecule has 2 N–H and O–H groups in total. The van der Waals surface area contributed by atoms with Gasteiger partial charge in [-0.3, -0.25) is 9.52 Å². The third kappa shape index (κ3) is 6.04. The summed E-state index contributed by atoms with van der Waals surface area (Å²) in [6.45, 7) is -0.216. The lowest BCUT2D eigenvalue weighted by Gasteiger charge is -2.11. The second kappa shape index (κ2) is 9.59. The van der Waals surface area contributed by atoms with Crippen molar-refractivity contribution in [2.45, 2.75) is 4.90 Å². The fraction of sp³-hybridized carbons (Fsp3) is 0.0500. The molecule has 0 aromatic heterocycles. The first-order chi connectivity index (χ1) is 14.2. The lowest BCUT2D eigenvalue weighted by atomic mass is 10.3. The van der Waals surface area contributed by atoms with Crippen LogP contribution >= 0.6 is 31.9 Å². The van der Waals surface area contributed by atoms with Crippen LogP contribution in [0.4, 0.5) is 15.8 Å². The Bertz CT molecular complexity index is 1150. The second-order valence-corrected chi connectivity index (χ2v) is 9.50. The Kier molecular flexibility index (Phi) is 7.11. The molecule has 0 bridgehead atoms. The molecular weight excluding hydrogens is 543 g/mol. The third-order valence-corrected chi connectivity index (χ3v) is 6.31. The highest BCUT2D eigenvalue weighted by atomic mass is 79.9. The molecule has 10 heteroatoms. The fourth-order valence-corrected chi connectivity index (χ4v) is 4.60. The molecule has 0 radical (unpaired) electrons. The zero-order chi connectivity index (χ0) is 21.7. The van der Waals surface area contributed by atoms with Crippen LogP contribution in [0.3, 0.4) is 0 Å². The number of carbonyl (C=O) groups is 1.